The van der Waals surface area contributed by atoms with E-state index in [0.717, 1.165) is 17.5 Å². The van der Waals surface area contributed by atoms with Crippen molar-refractivity contribution >= 4 is 27.0 Å². The van der Waals surface area contributed by atoms with Crippen molar-refractivity contribution in [3.8, 4) is 0 Å². The highest BCUT2D eigenvalue weighted by atomic mass is 32.2. The summed E-state index contributed by atoms with van der Waals surface area (Å²) in [7, 11) is -3.76. The van der Waals surface area contributed by atoms with Crippen LogP contribution in [0.2, 0.25) is 0 Å². The number of piperidine rings is 1. The van der Waals surface area contributed by atoms with E-state index in [2.05, 4.69) is 15.6 Å². The number of nitrogens with one attached hydrogen (secondary N) is 1. The lowest BCUT2D eigenvalue weighted by Gasteiger charge is -2.31. The maximum atomic E-state index is 13.2. The predicted octanol–water partition coefficient (Wildman–Crippen LogP) is 2.70. The first-order chi connectivity index (χ1) is 15.4. The Labute approximate surface area is 186 Å². The molecule has 2 heterocycles. The molecule has 0 bridgehead atoms. The van der Waals surface area contributed by atoms with Crippen molar-refractivity contribution in [3.63, 3.8) is 0 Å². The average Bonchev–Trinajstić information content (AvgIpc) is 3.21. The van der Waals surface area contributed by atoms with Crippen LogP contribution in [0.4, 0.5) is 4.39 Å². The Hall–Kier alpha value is -2.85. The van der Waals surface area contributed by atoms with Gasteiger partial charge >= 0.3 is 0 Å². The van der Waals surface area contributed by atoms with Gasteiger partial charge in [0.15, 0.2) is 0 Å². The topological polar surface area (TPSA) is 97.2 Å². The van der Waals surface area contributed by atoms with Gasteiger partial charge in [-0.05, 0) is 55.2 Å². The molecule has 1 amide bonds. The number of hydrogen-bond donors (Lipinski definition) is 1. The first-order valence-corrected chi connectivity index (χ1v) is 12.2. The maximum absolute atomic E-state index is 13.2. The molecule has 1 saturated heterocycles. The summed E-state index contributed by atoms with van der Waals surface area (Å²) in [4.78, 5) is 12.8. The Morgan fingerprint density at radius 2 is 2.00 bits per heavy atom. The van der Waals surface area contributed by atoms with E-state index in [0.29, 0.717) is 31.4 Å². The van der Waals surface area contributed by atoms with Crippen molar-refractivity contribution < 1.29 is 17.6 Å². The number of benzene rings is 2. The van der Waals surface area contributed by atoms with Crippen LogP contribution < -0.4 is 5.32 Å². The molecule has 10 heteroatoms. The second-order valence-electron chi connectivity index (χ2n) is 8.01. The minimum Gasteiger partial charge on any atom is -0.352 e. The van der Waals surface area contributed by atoms with Crippen LogP contribution in [0.3, 0.4) is 0 Å². The quantitative estimate of drug-likeness (QED) is 0.586. The van der Waals surface area contributed by atoms with E-state index in [1.165, 1.54) is 16.4 Å². The fraction of sp³-hybridized carbons (Fsp3) is 0.409. The van der Waals surface area contributed by atoms with Crippen LogP contribution in [0.15, 0.2) is 47.4 Å². The highest BCUT2D eigenvalue weighted by Crippen LogP contribution is 2.26. The molecule has 1 N–H and O–H groups in total. The standard InChI is InChI=1S/C22H26FN5O3S/c1-2-11-28-21-10-9-19(13-20(21)25-26-28)32(30,31)27-12-3-4-17(15-27)22(29)24-14-16-5-7-18(23)8-6-16/h5-10,13,17H,2-4,11-12,14-15H2,1H3,(H,24,29). The molecule has 1 aromatic heterocycles. The molecular formula is C22H26FN5O3S. The summed E-state index contributed by atoms with van der Waals surface area (Å²) in [6.45, 7) is 3.51. The van der Waals surface area contributed by atoms with Gasteiger partial charge in [-0.1, -0.05) is 24.3 Å². The van der Waals surface area contributed by atoms with Crippen LogP contribution in [0.25, 0.3) is 11.0 Å². The summed E-state index contributed by atoms with van der Waals surface area (Å²) < 4.78 is 42.7. The fourth-order valence-corrected chi connectivity index (χ4v) is 5.49. The summed E-state index contributed by atoms with van der Waals surface area (Å²) in [5.41, 5.74) is 2.11. The summed E-state index contributed by atoms with van der Waals surface area (Å²) in [6.07, 6.45) is 2.12. The number of sulfonamides is 1. The Morgan fingerprint density at radius 3 is 2.75 bits per heavy atom. The van der Waals surface area contributed by atoms with Gasteiger partial charge in [0.1, 0.15) is 11.3 Å². The Morgan fingerprint density at radius 1 is 1.22 bits per heavy atom. The molecule has 1 unspecified atom stereocenters. The van der Waals surface area contributed by atoms with Crippen LogP contribution in [0.5, 0.6) is 0 Å². The molecule has 32 heavy (non-hydrogen) atoms. The Bertz CT molecular complexity index is 1210. The lowest BCUT2D eigenvalue weighted by molar-refractivity contribution is -0.126. The molecule has 1 aliphatic rings. The number of halogens is 1. The van der Waals surface area contributed by atoms with Crippen molar-refractivity contribution in [3.05, 3.63) is 53.8 Å². The van der Waals surface area contributed by atoms with Gasteiger partial charge in [0.25, 0.3) is 0 Å². The number of carbonyl (C=O) groups excluding carboxylic acids is 1. The van der Waals surface area contributed by atoms with E-state index in [9.17, 15) is 17.6 Å². The number of aryl methyl sites for hydroxylation is 1. The summed E-state index contributed by atoms with van der Waals surface area (Å²) >= 11 is 0. The zero-order valence-electron chi connectivity index (χ0n) is 17.9. The third-order valence-corrected chi connectivity index (χ3v) is 7.55. The van der Waals surface area contributed by atoms with Crippen LogP contribution >= 0.6 is 0 Å². The molecule has 1 fully saturated rings. The summed E-state index contributed by atoms with van der Waals surface area (Å²) in [6, 6.07) is 10.8. The minimum absolute atomic E-state index is 0.123. The monoisotopic (exact) mass is 459 g/mol. The third-order valence-electron chi connectivity index (χ3n) is 5.69. The normalized spacial score (nSPS) is 17.5. The van der Waals surface area contributed by atoms with Gasteiger partial charge < -0.3 is 5.32 Å². The number of rotatable bonds is 7. The number of aromatic nitrogens is 3. The zero-order valence-corrected chi connectivity index (χ0v) is 18.7. The SMILES string of the molecule is CCCn1nnc2cc(S(=O)(=O)N3CCCC(C(=O)NCc4ccc(F)cc4)C3)ccc21. The van der Waals surface area contributed by atoms with Gasteiger partial charge in [-0.3, -0.25) is 4.79 Å². The molecule has 8 nitrogen and oxygen atoms in total. The number of nitrogens with zero attached hydrogens (tertiary/aromatic N) is 4. The number of carbonyl (C=O) groups is 1. The number of amides is 1. The summed E-state index contributed by atoms with van der Waals surface area (Å²) in [5, 5.41) is 11.0. The lowest BCUT2D eigenvalue weighted by atomic mass is 9.99. The highest BCUT2D eigenvalue weighted by molar-refractivity contribution is 7.89. The first-order valence-electron chi connectivity index (χ1n) is 10.7. The fourth-order valence-electron chi connectivity index (χ4n) is 3.95. The van der Waals surface area contributed by atoms with Crippen LogP contribution in [0, 0.1) is 11.7 Å². The van der Waals surface area contributed by atoms with Gasteiger partial charge in [0.05, 0.1) is 16.3 Å². The predicted molar refractivity (Wildman–Crippen MR) is 118 cm³/mol. The molecule has 170 valence electrons. The van der Waals surface area contributed by atoms with E-state index in [4.69, 9.17) is 0 Å². The van der Waals surface area contributed by atoms with Crippen molar-refractivity contribution in [2.24, 2.45) is 5.92 Å². The molecule has 0 spiro atoms. The number of fused-ring (bicyclic) bond motifs is 1. The van der Waals surface area contributed by atoms with Crippen molar-refractivity contribution in [2.75, 3.05) is 13.1 Å². The van der Waals surface area contributed by atoms with E-state index in [-0.39, 0.29) is 29.7 Å². The maximum Gasteiger partial charge on any atom is 0.243 e. The first kappa shape index (κ1) is 22.3. The highest BCUT2D eigenvalue weighted by Gasteiger charge is 2.33. The van der Waals surface area contributed by atoms with Gasteiger partial charge in [0.2, 0.25) is 15.9 Å². The van der Waals surface area contributed by atoms with Crippen LogP contribution in [-0.4, -0.2) is 46.7 Å². The molecule has 3 aromatic rings. The Kier molecular flexibility index (Phi) is 6.52. The van der Waals surface area contributed by atoms with Gasteiger partial charge in [-0.25, -0.2) is 17.5 Å². The largest absolute Gasteiger partial charge is 0.352 e. The van der Waals surface area contributed by atoms with Gasteiger partial charge in [-0.15, -0.1) is 5.10 Å². The van der Waals surface area contributed by atoms with Crippen molar-refractivity contribution in [1.29, 1.82) is 0 Å². The molecule has 4 rings (SSSR count). The molecule has 1 atom stereocenters. The van der Waals surface area contributed by atoms with E-state index >= 15 is 0 Å². The summed E-state index contributed by atoms with van der Waals surface area (Å²) in [5.74, 6) is -0.973. The Balaban J connectivity index is 1.45. The third kappa shape index (κ3) is 4.66. The molecule has 0 radical (unpaired) electrons. The smallest absolute Gasteiger partial charge is 0.243 e. The van der Waals surface area contributed by atoms with Gasteiger partial charge in [-0.2, -0.15) is 4.31 Å². The molecule has 0 saturated carbocycles. The van der Waals surface area contributed by atoms with Gasteiger partial charge in [0, 0.05) is 26.2 Å². The van der Waals surface area contributed by atoms with E-state index in [1.54, 1.807) is 35.0 Å². The van der Waals surface area contributed by atoms with Crippen LogP contribution in [-0.2, 0) is 27.9 Å². The van der Waals surface area contributed by atoms with Crippen molar-refractivity contribution in [2.45, 2.75) is 44.2 Å². The zero-order chi connectivity index (χ0) is 22.7. The van der Waals surface area contributed by atoms with Crippen molar-refractivity contribution in [1.82, 2.24) is 24.6 Å². The minimum atomic E-state index is -3.76. The molecule has 1 aliphatic heterocycles. The molecule has 0 aliphatic carbocycles. The van der Waals surface area contributed by atoms with E-state index < -0.39 is 15.9 Å². The molecular weight excluding hydrogens is 433 g/mol. The molecule has 2 aromatic carbocycles. The van der Waals surface area contributed by atoms with Crippen LogP contribution in [0.1, 0.15) is 31.7 Å². The second kappa shape index (κ2) is 9.33. The lowest BCUT2D eigenvalue weighted by Crippen LogP contribution is -2.45. The average molecular weight is 460 g/mol. The van der Waals surface area contributed by atoms with E-state index in [1.807, 2.05) is 6.92 Å². The second-order valence-corrected chi connectivity index (χ2v) is 9.95. The number of hydrogen-bond acceptors (Lipinski definition) is 5.